The maximum atomic E-state index is 9.63. The van der Waals surface area contributed by atoms with E-state index in [1.54, 1.807) is 0 Å². The average Bonchev–Trinajstić information content (AvgIpc) is 2.70. The Morgan fingerprint density at radius 3 is 2.21 bits per heavy atom. The molecule has 0 bridgehead atoms. The third kappa shape index (κ3) is 3.30. The van der Waals surface area contributed by atoms with Gasteiger partial charge in [-0.15, -0.1) is 0 Å². The molecule has 1 saturated heterocycles. The zero-order valence-electron chi connectivity index (χ0n) is 13.1. The normalized spacial score (nSPS) is 38.5. The molecule has 2 fully saturated rings. The van der Waals surface area contributed by atoms with E-state index >= 15 is 0 Å². The van der Waals surface area contributed by atoms with Gasteiger partial charge >= 0.3 is 0 Å². The van der Waals surface area contributed by atoms with Crippen LogP contribution in [0, 0.1) is 0 Å². The minimum absolute atomic E-state index is 0.0722. The molecule has 4 nitrogen and oxygen atoms in total. The van der Waals surface area contributed by atoms with Crippen LogP contribution in [-0.4, -0.2) is 59.5 Å². The third-order valence-electron chi connectivity index (χ3n) is 4.65. The maximum Gasteiger partial charge on any atom is 0.0760 e. The van der Waals surface area contributed by atoms with Gasteiger partial charge in [0.25, 0.3) is 0 Å². The van der Waals surface area contributed by atoms with E-state index in [2.05, 4.69) is 37.9 Å². The average molecular weight is 270 g/mol. The quantitative estimate of drug-likeness (QED) is 0.813. The predicted octanol–water partition coefficient (Wildman–Crippen LogP) is 1.38. The Morgan fingerprint density at radius 2 is 1.79 bits per heavy atom. The minimum Gasteiger partial charge on any atom is -0.394 e. The number of likely N-dealkylation sites (N-methyl/N-ethyl adjacent to an activating group) is 1. The van der Waals surface area contributed by atoms with Crippen molar-refractivity contribution in [3.63, 3.8) is 0 Å². The zero-order valence-corrected chi connectivity index (χ0v) is 13.1. The lowest BCUT2D eigenvalue weighted by molar-refractivity contribution is -0.187. The number of hydrogen-bond donors (Lipinski definition) is 2. The first-order chi connectivity index (χ1) is 8.71. The molecular formula is C15H30N2O2. The molecule has 2 rings (SSSR count). The predicted molar refractivity (Wildman–Crippen MR) is 77.3 cm³/mol. The van der Waals surface area contributed by atoms with Gasteiger partial charge in [-0.05, 0) is 54.0 Å². The molecule has 0 amide bonds. The number of nitrogens with zero attached hydrogens (tertiary/aromatic N) is 1. The fourth-order valence-corrected chi connectivity index (χ4v) is 3.96. The van der Waals surface area contributed by atoms with E-state index in [4.69, 9.17) is 4.74 Å². The van der Waals surface area contributed by atoms with Crippen molar-refractivity contribution >= 4 is 0 Å². The van der Waals surface area contributed by atoms with Gasteiger partial charge in [-0.3, -0.25) is 4.90 Å². The molecule has 2 atom stereocenters. The van der Waals surface area contributed by atoms with Crippen molar-refractivity contribution in [3.8, 4) is 0 Å². The van der Waals surface area contributed by atoms with Gasteiger partial charge in [0.2, 0.25) is 0 Å². The summed E-state index contributed by atoms with van der Waals surface area (Å²) in [7, 11) is 1.96. The van der Waals surface area contributed by atoms with Gasteiger partial charge in [-0.2, -0.15) is 0 Å². The van der Waals surface area contributed by atoms with Gasteiger partial charge in [0.1, 0.15) is 0 Å². The topological polar surface area (TPSA) is 44.7 Å². The highest BCUT2D eigenvalue weighted by Crippen LogP contribution is 2.37. The highest BCUT2D eigenvalue weighted by atomic mass is 16.5. The van der Waals surface area contributed by atoms with Gasteiger partial charge in [-0.1, -0.05) is 0 Å². The fraction of sp³-hybridized carbons (Fsp3) is 1.00. The summed E-state index contributed by atoms with van der Waals surface area (Å²) < 4.78 is 6.15. The van der Waals surface area contributed by atoms with Crippen LogP contribution in [-0.2, 0) is 4.74 Å². The summed E-state index contributed by atoms with van der Waals surface area (Å²) in [5.41, 5.74) is -0.255. The van der Waals surface area contributed by atoms with E-state index < -0.39 is 0 Å². The van der Waals surface area contributed by atoms with Crippen LogP contribution in [0.1, 0.15) is 47.0 Å². The fourth-order valence-electron chi connectivity index (χ4n) is 3.96. The molecule has 1 aliphatic heterocycles. The van der Waals surface area contributed by atoms with Gasteiger partial charge < -0.3 is 15.2 Å². The molecule has 0 aromatic rings. The summed E-state index contributed by atoms with van der Waals surface area (Å²) >= 11 is 0. The molecule has 1 aliphatic carbocycles. The molecule has 0 aromatic heterocycles. The first-order valence-corrected chi connectivity index (χ1v) is 7.45. The van der Waals surface area contributed by atoms with Crippen LogP contribution in [0.25, 0.3) is 0 Å². The molecule has 2 unspecified atom stereocenters. The van der Waals surface area contributed by atoms with Crippen LogP contribution >= 0.6 is 0 Å². The first-order valence-electron chi connectivity index (χ1n) is 7.45. The number of rotatable bonds is 3. The molecule has 0 aromatic carbocycles. The summed E-state index contributed by atoms with van der Waals surface area (Å²) in [6, 6.07) is 0.557. The number of aliphatic hydroxyl groups excluding tert-OH is 1. The van der Waals surface area contributed by atoms with Crippen molar-refractivity contribution in [2.24, 2.45) is 0 Å². The number of nitrogens with one attached hydrogen (secondary N) is 1. The molecule has 19 heavy (non-hydrogen) atoms. The molecule has 4 heteroatoms. The Bertz CT molecular complexity index is 308. The first kappa shape index (κ1) is 15.2. The van der Waals surface area contributed by atoms with Crippen molar-refractivity contribution in [3.05, 3.63) is 0 Å². The van der Waals surface area contributed by atoms with Crippen LogP contribution < -0.4 is 5.32 Å². The van der Waals surface area contributed by atoms with E-state index in [9.17, 15) is 5.11 Å². The van der Waals surface area contributed by atoms with Gasteiger partial charge in [0, 0.05) is 24.7 Å². The largest absolute Gasteiger partial charge is 0.394 e. The third-order valence-corrected chi connectivity index (χ3v) is 4.65. The summed E-state index contributed by atoms with van der Waals surface area (Å²) in [6.45, 7) is 10.9. The van der Waals surface area contributed by atoms with E-state index in [0.29, 0.717) is 6.04 Å². The Hall–Kier alpha value is -0.160. The van der Waals surface area contributed by atoms with Crippen LogP contribution in [0.15, 0.2) is 0 Å². The van der Waals surface area contributed by atoms with E-state index in [0.717, 1.165) is 32.4 Å². The van der Waals surface area contributed by atoms with E-state index in [1.807, 2.05) is 7.05 Å². The summed E-state index contributed by atoms with van der Waals surface area (Å²) in [5.74, 6) is 0. The van der Waals surface area contributed by atoms with Crippen molar-refractivity contribution in [1.29, 1.82) is 0 Å². The SMILES string of the molecule is CNC1(CO)CCC(N2CC(C)(C)OC(C)(C)C2)C1. The van der Waals surface area contributed by atoms with Gasteiger partial charge in [-0.25, -0.2) is 0 Å². The van der Waals surface area contributed by atoms with Crippen molar-refractivity contribution < 1.29 is 9.84 Å². The monoisotopic (exact) mass is 270 g/mol. The number of morpholine rings is 1. The lowest BCUT2D eigenvalue weighted by Gasteiger charge is -2.49. The zero-order chi connectivity index (χ0) is 14.3. The lowest BCUT2D eigenvalue weighted by atomic mass is 9.95. The van der Waals surface area contributed by atoms with E-state index in [-0.39, 0.29) is 23.3 Å². The second-order valence-corrected chi connectivity index (χ2v) is 7.61. The molecule has 1 heterocycles. The Labute approximate surface area is 117 Å². The molecule has 0 spiro atoms. The van der Waals surface area contributed by atoms with Crippen molar-refractivity contribution in [1.82, 2.24) is 10.2 Å². The van der Waals surface area contributed by atoms with Crippen LogP contribution in [0.5, 0.6) is 0 Å². The second-order valence-electron chi connectivity index (χ2n) is 7.61. The Balaban J connectivity index is 2.07. The smallest absolute Gasteiger partial charge is 0.0760 e. The maximum absolute atomic E-state index is 9.63. The molecule has 112 valence electrons. The highest BCUT2D eigenvalue weighted by molar-refractivity contribution is 5.01. The van der Waals surface area contributed by atoms with E-state index in [1.165, 1.54) is 0 Å². The molecule has 1 saturated carbocycles. The second kappa shape index (κ2) is 4.99. The summed E-state index contributed by atoms with van der Waals surface area (Å²) in [4.78, 5) is 2.57. The van der Waals surface area contributed by atoms with Crippen LogP contribution in [0.3, 0.4) is 0 Å². The summed E-state index contributed by atoms with van der Waals surface area (Å²) in [6.07, 6.45) is 3.25. The summed E-state index contributed by atoms with van der Waals surface area (Å²) in [5, 5.41) is 13.0. The van der Waals surface area contributed by atoms with Crippen molar-refractivity contribution in [2.75, 3.05) is 26.7 Å². The minimum atomic E-state index is -0.0914. The molecule has 2 aliphatic rings. The standard InChI is InChI=1S/C15H30N2O2/c1-13(2)9-17(10-14(3,4)19-13)12-6-7-15(8-12,11-18)16-5/h12,16,18H,6-11H2,1-5H3. The number of hydrogen-bond acceptors (Lipinski definition) is 4. The number of ether oxygens (including phenoxy) is 1. The van der Waals surface area contributed by atoms with Gasteiger partial charge in [0.15, 0.2) is 0 Å². The Morgan fingerprint density at radius 1 is 1.21 bits per heavy atom. The Kier molecular flexibility index (Phi) is 4.00. The van der Waals surface area contributed by atoms with Crippen molar-refractivity contribution in [2.45, 2.75) is 69.7 Å². The van der Waals surface area contributed by atoms with Gasteiger partial charge in [0.05, 0.1) is 17.8 Å². The molecule has 2 N–H and O–H groups in total. The molecular weight excluding hydrogens is 240 g/mol. The van der Waals surface area contributed by atoms with Crippen LogP contribution in [0.2, 0.25) is 0 Å². The molecule has 0 radical (unpaired) electrons. The lowest BCUT2D eigenvalue weighted by Crippen LogP contribution is -2.59. The van der Waals surface area contributed by atoms with Crippen LogP contribution in [0.4, 0.5) is 0 Å². The number of aliphatic hydroxyl groups is 1. The highest BCUT2D eigenvalue weighted by Gasteiger charge is 2.45.